The molecular formula is C10H25N2+. The first-order valence-electron chi connectivity index (χ1n) is 5.33. The van der Waals surface area contributed by atoms with Gasteiger partial charge in [0.05, 0.1) is 19.6 Å². The van der Waals surface area contributed by atoms with Crippen molar-refractivity contribution >= 4 is 0 Å². The van der Waals surface area contributed by atoms with Gasteiger partial charge in [0, 0.05) is 0 Å². The predicted octanol–water partition coefficient (Wildman–Crippen LogP) is 0.301. The van der Waals surface area contributed by atoms with Gasteiger partial charge in [0.15, 0.2) is 0 Å². The summed E-state index contributed by atoms with van der Waals surface area (Å²) in [6.45, 7) is 9.63. The third-order valence-corrected chi connectivity index (χ3v) is 2.46. The van der Waals surface area contributed by atoms with E-state index in [2.05, 4.69) is 19.2 Å². The molecule has 0 rings (SSSR count). The van der Waals surface area contributed by atoms with Crippen molar-refractivity contribution in [3.8, 4) is 0 Å². The Balaban J connectivity index is 3.06. The number of unbranched alkanes of at least 4 members (excludes halogenated alkanes) is 2. The van der Waals surface area contributed by atoms with Crippen molar-refractivity contribution in [3.05, 3.63) is 0 Å². The van der Waals surface area contributed by atoms with Gasteiger partial charge in [0.1, 0.15) is 0 Å². The highest BCUT2D eigenvalue weighted by Gasteiger charge is 2.00. The average molecular weight is 173 g/mol. The van der Waals surface area contributed by atoms with Crippen LogP contribution < -0.4 is 10.2 Å². The molecule has 0 saturated heterocycles. The highest BCUT2D eigenvalue weighted by atomic mass is 15.1. The summed E-state index contributed by atoms with van der Waals surface area (Å²) in [5.41, 5.74) is 0. The summed E-state index contributed by atoms with van der Waals surface area (Å²) in [6, 6.07) is 0. The van der Waals surface area contributed by atoms with Gasteiger partial charge in [-0.2, -0.15) is 0 Å². The molecule has 0 bridgehead atoms. The molecule has 0 aromatic rings. The molecule has 0 saturated carbocycles. The number of rotatable bonds is 8. The lowest BCUT2D eigenvalue weighted by Crippen LogP contribution is -3.11. The maximum absolute atomic E-state index is 3.18. The Kier molecular flexibility index (Phi) is 8.95. The smallest absolute Gasteiger partial charge is 0.0770 e. The van der Waals surface area contributed by atoms with Crippen LogP contribution in [-0.4, -0.2) is 33.2 Å². The van der Waals surface area contributed by atoms with Crippen molar-refractivity contribution < 1.29 is 4.90 Å². The first-order valence-corrected chi connectivity index (χ1v) is 5.33. The zero-order chi connectivity index (χ0) is 9.23. The Morgan fingerprint density at radius 3 is 2.17 bits per heavy atom. The van der Waals surface area contributed by atoms with Crippen molar-refractivity contribution in [2.24, 2.45) is 0 Å². The summed E-state index contributed by atoms with van der Waals surface area (Å²) in [4.78, 5) is 1.74. The van der Waals surface area contributed by atoms with E-state index in [-0.39, 0.29) is 0 Å². The van der Waals surface area contributed by atoms with Crippen LogP contribution >= 0.6 is 0 Å². The number of hydrogen-bond donors (Lipinski definition) is 2. The van der Waals surface area contributed by atoms with E-state index in [4.69, 9.17) is 0 Å². The molecule has 0 radical (unpaired) electrons. The molecule has 2 heteroatoms. The fourth-order valence-corrected chi connectivity index (χ4v) is 1.46. The van der Waals surface area contributed by atoms with Crippen molar-refractivity contribution in [1.82, 2.24) is 5.32 Å². The fraction of sp³-hybridized carbons (Fsp3) is 1.00. The second-order valence-corrected chi connectivity index (χ2v) is 3.37. The van der Waals surface area contributed by atoms with Crippen LogP contribution in [0.15, 0.2) is 0 Å². The molecule has 0 aromatic heterocycles. The molecule has 74 valence electrons. The molecule has 0 aromatic carbocycles. The first-order chi connectivity index (χ1) is 5.85. The lowest BCUT2D eigenvalue weighted by molar-refractivity contribution is -0.896. The summed E-state index contributed by atoms with van der Waals surface area (Å²) in [7, 11) is 2.02. The van der Waals surface area contributed by atoms with Crippen LogP contribution in [0.2, 0.25) is 0 Å². The second-order valence-electron chi connectivity index (χ2n) is 3.37. The molecule has 0 aliphatic carbocycles. The molecule has 0 unspecified atom stereocenters. The quantitative estimate of drug-likeness (QED) is 0.505. The Hall–Kier alpha value is -0.0800. The van der Waals surface area contributed by atoms with Crippen molar-refractivity contribution in [2.75, 3.05) is 33.2 Å². The molecule has 0 amide bonds. The topological polar surface area (TPSA) is 16.5 Å². The van der Waals surface area contributed by atoms with Gasteiger partial charge in [-0.3, -0.25) is 0 Å². The normalized spacial score (nSPS) is 11.0. The van der Waals surface area contributed by atoms with Gasteiger partial charge in [-0.25, -0.2) is 0 Å². The summed E-state index contributed by atoms with van der Waals surface area (Å²) in [5.74, 6) is 0. The van der Waals surface area contributed by atoms with Crippen LogP contribution in [0.5, 0.6) is 0 Å². The van der Waals surface area contributed by atoms with Crippen LogP contribution in [-0.2, 0) is 0 Å². The summed E-state index contributed by atoms with van der Waals surface area (Å²) >= 11 is 0. The van der Waals surface area contributed by atoms with E-state index in [1.807, 2.05) is 7.05 Å². The third kappa shape index (κ3) is 6.62. The van der Waals surface area contributed by atoms with Gasteiger partial charge in [0.25, 0.3) is 0 Å². The summed E-state index contributed by atoms with van der Waals surface area (Å²) in [5, 5.41) is 3.18. The average Bonchev–Trinajstić information content (AvgIpc) is 2.11. The fourth-order valence-electron chi connectivity index (χ4n) is 1.46. The minimum absolute atomic E-state index is 1.17. The van der Waals surface area contributed by atoms with E-state index in [0.29, 0.717) is 0 Å². The van der Waals surface area contributed by atoms with E-state index in [1.165, 1.54) is 45.4 Å². The lowest BCUT2D eigenvalue weighted by atomic mass is 10.2. The summed E-state index contributed by atoms with van der Waals surface area (Å²) in [6.07, 6.45) is 4.10. The minimum atomic E-state index is 1.17. The van der Waals surface area contributed by atoms with Crippen LogP contribution in [0, 0.1) is 0 Å². The molecular weight excluding hydrogens is 148 g/mol. The maximum atomic E-state index is 3.18. The van der Waals surface area contributed by atoms with Crippen LogP contribution in [0.3, 0.4) is 0 Å². The SMILES string of the molecule is CC[NH+](CC)CCCCCNC. The van der Waals surface area contributed by atoms with E-state index >= 15 is 0 Å². The zero-order valence-corrected chi connectivity index (χ0v) is 8.95. The van der Waals surface area contributed by atoms with Crippen LogP contribution in [0.1, 0.15) is 33.1 Å². The molecule has 0 atom stereocenters. The number of nitrogens with one attached hydrogen (secondary N) is 2. The molecule has 2 nitrogen and oxygen atoms in total. The van der Waals surface area contributed by atoms with Gasteiger partial charge in [-0.05, 0) is 46.7 Å². The lowest BCUT2D eigenvalue weighted by Gasteiger charge is -2.14. The Bertz CT molecular complexity index is 79.9. The highest BCUT2D eigenvalue weighted by Crippen LogP contribution is 1.90. The van der Waals surface area contributed by atoms with Gasteiger partial charge in [0.2, 0.25) is 0 Å². The minimum Gasteiger partial charge on any atom is -0.335 e. The molecule has 0 aliphatic rings. The van der Waals surface area contributed by atoms with Crippen molar-refractivity contribution in [1.29, 1.82) is 0 Å². The predicted molar refractivity (Wildman–Crippen MR) is 54.7 cm³/mol. The number of hydrogen-bond acceptors (Lipinski definition) is 1. The van der Waals surface area contributed by atoms with Crippen LogP contribution in [0.4, 0.5) is 0 Å². The molecule has 12 heavy (non-hydrogen) atoms. The Morgan fingerprint density at radius 1 is 1.00 bits per heavy atom. The Labute approximate surface area is 77.3 Å². The highest BCUT2D eigenvalue weighted by molar-refractivity contribution is 4.42. The van der Waals surface area contributed by atoms with E-state index < -0.39 is 0 Å². The van der Waals surface area contributed by atoms with E-state index in [0.717, 1.165) is 0 Å². The zero-order valence-electron chi connectivity index (χ0n) is 8.95. The molecule has 0 fully saturated rings. The molecule has 0 spiro atoms. The largest absolute Gasteiger partial charge is 0.335 e. The monoisotopic (exact) mass is 173 g/mol. The van der Waals surface area contributed by atoms with Gasteiger partial charge < -0.3 is 10.2 Å². The van der Waals surface area contributed by atoms with Gasteiger partial charge >= 0.3 is 0 Å². The third-order valence-electron chi connectivity index (χ3n) is 2.46. The van der Waals surface area contributed by atoms with E-state index in [9.17, 15) is 0 Å². The van der Waals surface area contributed by atoms with Crippen LogP contribution in [0.25, 0.3) is 0 Å². The summed E-state index contributed by atoms with van der Waals surface area (Å²) < 4.78 is 0. The molecule has 2 N–H and O–H groups in total. The first kappa shape index (κ1) is 11.9. The maximum Gasteiger partial charge on any atom is 0.0770 e. The molecule has 0 heterocycles. The van der Waals surface area contributed by atoms with Crippen molar-refractivity contribution in [3.63, 3.8) is 0 Å². The molecule has 0 aliphatic heterocycles. The standard InChI is InChI=1S/C10H24N2/c1-4-12(5-2)10-8-6-7-9-11-3/h11H,4-10H2,1-3H3/p+1. The van der Waals surface area contributed by atoms with E-state index in [1.54, 1.807) is 4.90 Å². The van der Waals surface area contributed by atoms with Gasteiger partial charge in [-0.15, -0.1) is 0 Å². The van der Waals surface area contributed by atoms with Crippen molar-refractivity contribution in [2.45, 2.75) is 33.1 Å². The Morgan fingerprint density at radius 2 is 1.67 bits per heavy atom. The second kappa shape index (κ2) is 9.01. The number of quaternary nitrogens is 1. The van der Waals surface area contributed by atoms with Gasteiger partial charge in [-0.1, -0.05) is 0 Å².